The van der Waals surface area contributed by atoms with Crippen molar-refractivity contribution in [2.24, 2.45) is 0 Å². The van der Waals surface area contributed by atoms with Crippen LogP contribution in [0.4, 0.5) is 11.6 Å². The van der Waals surface area contributed by atoms with Gasteiger partial charge in [-0.1, -0.05) is 6.92 Å². The molecular weight excluding hydrogens is 274 g/mol. The number of nitrogens with one attached hydrogen (secondary N) is 2. The van der Waals surface area contributed by atoms with E-state index >= 15 is 0 Å². The third-order valence-electron chi connectivity index (χ3n) is 2.53. The first kappa shape index (κ1) is 14.7. The Morgan fingerprint density at radius 1 is 1.25 bits per heavy atom. The van der Waals surface area contributed by atoms with Gasteiger partial charge in [0.05, 0.1) is 12.1 Å². The summed E-state index contributed by atoms with van der Waals surface area (Å²) in [6.07, 6.45) is 2.90. The maximum atomic E-state index is 5.10. The van der Waals surface area contributed by atoms with Crippen LogP contribution in [-0.2, 0) is 17.9 Å². The smallest absolute Gasteiger partial charge is 0.158 e. The third-order valence-corrected chi connectivity index (χ3v) is 3.31. The van der Waals surface area contributed by atoms with Crippen molar-refractivity contribution in [1.29, 1.82) is 0 Å². The van der Waals surface area contributed by atoms with Crippen LogP contribution in [0.1, 0.15) is 24.0 Å². The lowest BCUT2D eigenvalue weighted by atomic mass is 10.4. The molecule has 0 unspecified atom stereocenters. The molecule has 2 N–H and O–H groups in total. The van der Waals surface area contributed by atoms with Crippen LogP contribution in [0.25, 0.3) is 0 Å². The van der Waals surface area contributed by atoms with E-state index in [1.165, 1.54) is 4.88 Å². The summed E-state index contributed by atoms with van der Waals surface area (Å²) >= 11 is 1.62. The highest BCUT2D eigenvalue weighted by atomic mass is 32.1. The highest BCUT2D eigenvalue weighted by Crippen LogP contribution is 2.14. The quantitative estimate of drug-likeness (QED) is 0.779. The molecule has 2 heterocycles. The Hall–Kier alpha value is -1.73. The van der Waals surface area contributed by atoms with Gasteiger partial charge in [-0.2, -0.15) is 0 Å². The number of hydrogen-bond acceptors (Lipinski definition) is 7. The molecule has 0 fully saturated rings. The van der Waals surface area contributed by atoms with Crippen LogP contribution < -0.4 is 10.6 Å². The van der Waals surface area contributed by atoms with E-state index in [1.54, 1.807) is 18.4 Å². The first-order valence-electron chi connectivity index (χ1n) is 6.53. The molecule has 108 valence electrons. The normalized spacial score (nSPS) is 10.5. The van der Waals surface area contributed by atoms with Gasteiger partial charge in [-0.05, 0) is 6.42 Å². The molecule has 0 spiro atoms. The molecule has 0 aliphatic rings. The molecule has 0 aromatic carbocycles. The Labute approximate surface area is 122 Å². The zero-order chi connectivity index (χ0) is 14.2. The van der Waals surface area contributed by atoms with Crippen molar-refractivity contribution in [2.75, 3.05) is 24.3 Å². The predicted octanol–water partition coefficient (Wildman–Crippen LogP) is 2.51. The van der Waals surface area contributed by atoms with Crippen molar-refractivity contribution in [1.82, 2.24) is 15.0 Å². The second-order valence-corrected chi connectivity index (χ2v) is 5.21. The Morgan fingerprint density at radius 2 is 2.05 bits per heavy atom. The molecule has 0 bridgehead atoms. The number of methoxy groups -OCH3 is 1. The zero-order valence-electron chi connectivity index (χ0n) is 11.7. The largest absolute Gasteiger partial charge is 0.377 e. The van der Waals surface area contributed by atoms with Gasteiger partial charge in [0.2, 0.25) is 0 Å². The molecule has 0 aliphatic heterocycles. The van der Waals surface area contributed by atoms with E-state index < -0.39 is 0 Å². The number of ether oxygens (including phenoxy) is 1. The summed E-state index contributed by atoms with van der Waals surface area (Å²) in [7, 11) is 1.64. The van der Waals surface area contributed by atoms with Crippen molar-refractivity contribution in [2.45, 2.75) is 26.5 Å². The van der Waals surface area contributed by atoms with Gasteiger partial charge < -0.3 is 15.4 Å². The van der Waals surface area contributed by atoms with Crippen LogP contribution in [-0.4, -0.2) is 28.6 Å². The van der Waals surface area contributed by atoms with Gasteiger partial charge >= 0.3 is 0 Å². The highest BCUT2D eigenvalue weighted by Gasteiger charge is 2.05. The molecule has 0 radical (unpaired) electrons. The molecule has 0 aliphatic carbocycles. The van der Waals surface area contributed by atoms with Gasteiger partial charge in [-0.15, -0.1) is 11.3 Å². The number of anilines is 2. The Bertz CT molecular complexity index is 517. The van der Waals surface area contributed by atoms with Crippen molar-refractivity contribution < 1.29 is 4.74 Å². The van der Waals surface area contributed by atoms with Crippen LogP contribution in [0.15, 0.2) is 17.8 Å². The maximum absolute atomic E-state index is 5.10. The van der Waals surface area contributed by atoms with Gasteiger partial charge in [0.25, 0.3) is 0 Å². The molecule has 0 atom stereocenters. The summed E-state index contributed by atoms with van der Waals surface area (Å²) in [6, 6.07) is 1.91. The second-order valence-electron chi connectivity index (χ2n) is 4.24. The van der Waals surface area contributed by atoms with E-state index in [9.17, 15) is 0 Å². The monoisotopic (exact) mass is 293 g/mol. The Balaban J connectivity index is 2.06. The van der Waals surface area contributed by atoms with Crippen LogP contribution >= 0.6 is 11.3 Å². The molecule has 20 heavy (non-hydrogen) atoms. The predicted molar refractivity (Wildman–Crippen MR) is 81.0 cm³/mol. The molecule has 0 amide bonds. The first-order valence-corrected chi connectivity index (χ1v) is 7.41. The average molecular weight is 293 g/mol. The van der Waals surface area contributed by atoms with Crippen molar-refractivity contribution in [3.8, 4) is 0 Å². The topological polar surface area (TPSA) is 72.0 Å². The SMILES string of the molecule is CCCNc1cc(NCc2cncs2)nc(COC)n1. The van der Waals surface area contributed by atoms with Crippen molar-refractivity contribution in [3.05, 3.63) is 28.5 Å². The second kappa shape index (κ2) is 7.76. The van der Waals surface area contributed by atoms with Crippen molar-refractivity contribution >= 4 is 23.0 Å². The minimum atomic E-state index is 0.400. The Morgan fingerprint density at radius 3 is 2.70 bits per heavy atom. The molecule has 0 saturated heterocycles. The number of hydrogen-bond donors (Lipinski definition) is 2. The van der Waals surface area contributed by atoms with Gasteiger partial charge in [0, 0.05) is 30.8 Å². The number of thiazole rings is 1. The summed E-state index contributed by atoms with van der Waals surface area (Å²) in [5, 5.41) is 6.56. The van der Waals surface area contributed by atoms with E-state index in [-0.39, 0.29) is 0 Å². The number of nitrogens with zero attached hydrogens (tertiary/aromatic N) is 3. The van der Waals surface area contributed by atoms with Gasteiger partial charge in [0.15, 0.2) is 5.82 Å². The van der Waals surface area contributed by atoms with Crippen LogP contribution in [0.2, 0.25) is 0 Å². The fourth-order valence-corrected chi connectivity index (χ4v) is 2.17. The third kappa shape index (κ3) is 4.43. The molecule has 2 aromatic rings. The zero-order valence-corrected chi connectivity index (χ0v) is 12.5. The Kier molecular flexibility index (Phi) is 5.69. The average Bonchev–Trinajstić information content (AvgIpc) is 2.96. The van der Waals surface area contributed by atoms with E-state index in [4.69, 9.17) is 4.74 Å². The lowest BCUT2D eigenvalue weighted by Crippen LogP contribution is -2.09. The summed E-state index contributed by atoms with van der Waals surface area (Å²) in [5.74, 6) is 2.28. The standard InChI is InChI=1S/C13H19N5OS/c1-3-4-15-11-5-12(18-13(17-11)8-19-2)16-7-10-6-14-9-20-10/h5-6,9H,3-4,7-8H2,1-2H3,(H2,15,16,17,18). The van der Waals surface area contributed by atoms with Gasteiger partial charge in [-0.25, -0.2) is 9.97 Å². The summed E-state index contributed by atoms with van der Waals surface area (Å²) in [6.45, 7) is 4.11. The minimum absolute atomic E-state index is 0.400. The van der Waals surface area contributed by atoms with E-state index in [0.29, 0.717) is 19.0 Å². The highest BCUT2D eigenvalue weighted by molar-refractivity contribution is 7.09. The van der Waals surface area contributed by atoms with Gasteiger partial charge in [-0.3, -0.25) is 4.98 Å². The number of aromatic nitrogens is 3. The number of rotatable bonds is 8. The molecule has 2 aromatic heterocycles. The van der Waals surface area contributed by atoms with E-state index in [0.717, 1.165) is 24.6 Å². The summed E-state index contributed by atoms with van der Waals surface area (Å²) in [4.78, 5) is 14.1. The fraction of sp³-hybridized carbons (Fsp3) is 0.462. The van der Waals surface area contributed by atoms with Crippen LogP contribution in [0, 0.1) is 0 Å². The minimum Gasteiger partial charge on any atom is -0.377 e. The lowest BCUT2D eigenvalue weighted by molar-refractivity contribution is 0.178. The molecule has 6 nitrogen and oxygen atoms in total. The molecule has 0 saturated carbocycles. The summed E-state index contributed by atoms with van der Waals surface area (Å²) < 4.78 is 5.10. The van der Waals surface area contributed by atoms with E-state index in [2.05, 4.69) is 32.5 Å². The molecule has 2 rings (SSSR count). The maximum Gasteiger partial charge on any atom is 0.158 e. The lowest BCUT2D eigenvalue weighted by Gasteiger charge is -2.10. The molecule has 7 heteroatoms. The molecular formula is C13H19N5OS. The van der Waals surface area contributed by atoms with Crippen LogP contribution in [0.5, 0.6) is 0 Å². The fourth-order valence-electron chi connectivity index (χ4n) is 1.63. The van der Waals surface area contributed by atoms with Gasteiger partial charge in [0.1, 0.15) is 18.2 Å². The first-order chi connectivity index (χ1) is 9.81. The van der Waals surface area contributed by atoms with Crippen LogP contribution in [0.3, 0.4) is 0 Å². The van der Waals surface area contributed by atoms with Crippen molar-refractivity contribution in [3.63, 3.8) is 0 Å². The summed E-state index contributed by atoms with van der Waals surface area (Å²) in [5.41, 5.74) is 1.82. The van der Waals surface area contributed by atoms with E-state index in [1.807, 2.05) is 17.8 Å².